The molecular weight excluding hydrogens is 328 g/mol. The number of hydrogen-bond acceptors (Lipinski definition) is 5. The first kappa shape index (κ1) is 19.4. The first-order chi connectivity index (χ1) is 12.7. The second-order valence-electron chi connectivity index (χ2n) is 5.54. The van der Waals surface area contributed by atoms with Crippen LogP contribution in [-0.2, 0) is 14.3 Å². The van der Waals surface area contributed by atoms with Gasteiger partial charge in [0.25, 0.3) is 0 Å². The second-order valence-corrected chi connectivity index (χ2v) is 5.54. The van der Waals surface area contributed by atoms with Crippen molar-refractivity contribution in [1.82, 2.24) is 9.97 Å². The lowest BCUT2D eigenvalue weighted by Crippen LogP contribution is -2.06. The molecule has 0 atom stereocenters. The molecule has 136 valence electrons. The van der Waals surface area contributed by atoms with E-state index in [-0.39, 0.29) is 18.6 Å². The van der Waals surface area contributed by atoms with E-state index in [0.717, 1.165) is 11.1 Å². The van der Waals surface area contributed by atoms with Gasteiger partial charge in [0.05, 0.1) is 26.1 Å². The zero-order valence-electron chi connectivity index (χ0n) is 15.2. The van der Waals surface area contributed by atoms with Crippen molar-refractivity contribution in [1.29, 1.82) is 0 Å². The molecule has 0 N–H and O–H groups in total. The average Bonchev–Trinajstić information content (AvgIpc) is 2.63. The molecule has 0 aliphatic heterocycles. The van der Waals surface area contributed by atoms with Crippen LogP contribution in [0.1, 0.15) is 37.8 Å². The lowest BCUT2D eigenvalue weighted by Gasteiger charge is -2.11. The summed E-state index contributed by atoms with van der Waals surface area (Å²) < 4.78 is 11.3. The Labute approximate surface area is 154 Å². The van der Waals surface area contributed by atoms with Gasteiger partial charge in [-0.05, 0) is 61.4 Å². The molecular formula is C21H24N2O3. The predicted molar refractivity (Wildman–Crippen MR) is 102 cm³/mol. The number of pyridine rings is 2. The Morgan fingerprint density at radius 1 is 0.808 bits per heavy atom. The number of aromatic nitrogens is 2. The molecule has 0 aliphatic rings. The minimum Gasteiger partial charge on any atom is -0.498 e. The number of rotatable bonds is 10. The summed E-state index contributed by atoms with van der Waals surface area (Å²) in [5.74, 6) is 1.32. The third kappa shape index (κ3) is 6.89. The lowest BCUT2D eigenvalue weighted by molar-refractivity contribution is -0.118. The fourth-order valence-corrected chi connectivity index (χ4v) is 2.40. The van der Waals surface area contributed by atoms with Crippen LogP contribution < -0.4 is 0 Å². The molecule has 0 amide bonds. The van der Waals surface area contributed by atoms with Gasteiger partial charge in [0.15, 0.2) is 0 Å². The highest BCUT2D eigenvalue weighted by atomic mass is 16.5. The Morgan fingerprint density at radius 3 is 1.54 bits per heavy atom. The third-order valence-corrected chi connectivity index (χ3v) is 3.47. The summed E-state index contributed by atoms with van der Waals surface area (Å²) in [4.78, 5) is 20.5. The fourth-order valence-electron chi connectivity index (χ4n) is 2.40. The maximum absolute atomic E-state index is 12.5. The quantitative estimate of drug-likeness (QED) is 0.597. The Balaban J connectivity index is 2.07. The van der Waals surface area contributed by atoms with Gasteiger partial charge in [-0.2, -0.15) is 0 Å². The van der Waals surface area contributed by atoms with Gasteiger partial charge >= 0.3 is 0 Å². The molecule has 0 bridgehead atoms. The van der Waals surface area contributed by atoms with Crippen LogP contribution in [0.2, 0.25) is 0 Å². The minimum absolute atomic E-state index is 0.0347. The molecule has 0 saturated heterocycles. The monoisotopic (exact) mass is 352 g/mol. The van der Waals surface area contributed by atoms with Gasteiger partial charge < -0.3 is 9.47 Å². The molecule has 0 aromatic carbocycles. The lowest BCUT2D eigenvalue weighted by atomic mass is 10.1. The Hall–Kier alpha value is -2.95. The van der Waals surface area contributed by atoms with Gasteiger partial charge in [-0.1, -0.05) is 0 Å². The zero-order valence-corrected chi connectivity index (χ0v) is 15.2. The number of nitrogens with zero attached hydrogens (tertiary/aromatic N) is 2. The van der Waals surface area contributed by atoms with Gasteiger partial charge in [-0.3, -0.25) is 14.8 Å². The number of Topliss-reactive ketones (excluding diaryl/α,β-unsaturated/α-hetero) is 1. The van der Waals surface area contributed by atoms with Crippen molar-refractivity contribution in [2.24, 2.45) is 0 Å². The SMILES string of the molecule is CCOC(=Cc1ccncc1)CC(=O)CC(=Cc1ccncc1)OCC. The molecule has 5 nitrogen and oxygen atoms in total. The maximum Gasteiger partial charge on any atom is 0.147 e. The first-order valence-corrected chi connectivity index (χ1v) is 8.69. The van der Waals surface area contributed by atoms with Gasteiger partial charge in [-0.15, -0.1) is 0 Å². The third-order valence-electron chi connectivity index (χ3n) is 3.47. The van der Waals surface area contributed by atoms with E-state index in [9.17, 15) is 4.79 Å². The fraction of sp³-hybridized carbons (Fsp3) is 0.286. The predicted octanol–water partition coefficient (Wildman–Crippen LogP) is 4.28. The molecule has 0 spiro atoms. The normalized spacial score (nSPS) is 11.9. The van der Waals surface area contributed by atoms with Crippen LogP contribution in [0.25, 0.3) is 12.2 Å². The van der Waals surface area contributed by atoms with Crippen LogP contribution in [0.15, 0.2) is 60.6 Å². The van der Waals surface area contributed by atoms with E-state index in [2.05, 4.69) is 9.97 Å². The molecule has 2 aromatic rings. The van der Waals surface area contributed by atoms with E-state index < -0.39 is 0 Å². The number of ether oxygens (including phenoxy) is 2. The molecule has 26 heavy (non-hydrogen) atoms. The van der Waals surface area contributed by atoms with E-state index in [1.807, 2.05) is 50.3 Å². The summed E-state index contributed by atoms with van der Waals surface area (Å²) in [6, 6.07) is 7.49. The molecule has 0 aliphatic carbocycles. The van der Waals surface area contributed by atoms with Gasteiger partial charge in [0.2, 0.25) is 0 Å². The zero-order chi connectivity index (χ0) is 18.6. The molecule has 0 unspecified atom stereocenters. The van der Waals surface area contributed by atoms with Gasteiger partial charge in [0.1, 0.15) is 17.3 Å². The summed E-state index contributed by atoms with van der Waals surface area (Å²) in [5, 5.41) is 0. The highest BCUT2D eigenvalue weighted by molar-refractivity contribution is 5.84. The molecule has 2 aromatic heterocycles. The van der Waals surface area contributed by atoms with Crippen LogP contribution in [0, 0.1) is 0 Å². The van der Waals surface area contributed by atoms with E-state index in [1.165, 1.54) is 0 Å². The number of allylic oxidation sites excluding steroid dienone is 2. The summed E-state index contributed by atoms with van der Waals surface area (Å²) in [6.45, 7) is 4.82. The molecule has 2 heterocycles. The topological polar surface area (TPSA) is 61.3 Å². The van der Waals surface area contributed by atoms with Crippen molar-refractivity contribution < 1.29 is 14.3 Å². The van der Waals surface area contributed by atoms with E-state index in [1.54, 1.807) is 24.8 Å². The van der Waals surface area contributed by atoms with Crippen molar-refractivity contribution in [3.05, 3.63) is 71.7 Å². The maximum atomic E-state index is 12.5. The van der Waals surface area contributed by atoms with Crippen molar-refractivity contribution in [3.63, 3.8) is 0 Å². The van der Waals surface area contributed by atoms with Gasteiger partial charge in [0, 0.05) is 24.8 Å². The van der Waals surface area contributed by atoms with E-state index in [0.29, 0.717) is 24.7 Å². The van der Waals surface area contributed by atoms with Crippen LogP contribution in [0.3, 0.4) is 0 Å². The Bertz CT molecular complexity index is 677. The number of carbonyl (C=O) groups is 1. The summed E-state index contributed by atoms with van der Waals surface area (Å²) in [5.41, 5.74) is 1.90. The van der Waals surface area contributed by atoms with Crippen molar-refractivity contribution >= 4 is 17.9 Å². The molecule has 0 saturated carbocycles. The van der Waals surface area contributed by atoms with Crippen LogP contribution in [-0.4, -0.2) is 29.0 Å². The second kappa shape index (κ2) is 10.8. The smallest absolute Gasteiger partial charge is 0.147 e. The van der Waals surface area contributed by atoms with E-state index >= 15 is 0 Å². The number of ketones is 1. The summed E-state index contributed by atoms with van der Waals surface area (Å²) in [6.07, 6.45) is 11.0. The standard InChI is InChI=1S/C21H24N2O3/c1-3-25-20(13-17-5-9-22-10-6-17)15-19(24)16-21(26-4-2)14-18-7-11-23-12-8-18/h5-14H,3-4,15-16H2,1-2H3. The molecule has 0 radical (unpaired) electrons. The van der Waals surface area contributed by atoms with Gasteiger partial charge in [-0.25, -0.2) is 0 Å². The van der Waals surface area contributed by atoms with E-state index in [4.69, 9.17) is 9.47 Å². The van der Waals surface area contributed by atoms with Crippen LogP contribution >= 0.6 is 0 Å². The highest BCUT2D eigenvalue weighted by Gasteiger charge is 2.11. The van der Waals surface area contributed by atoms with Crippen LogP contribution in [0.5, 0.6) is 0 Å². The molecule has 2 rings (SSSR count). The molecule has 0 fully saturated rings. The van der Waals surface area contributed by atoms with Crippen molar-refractivity contribution in [2.75, 3.05) is 13.2 Å². The largest absolute Gasteiger partial charge is 0.498 e. The number of carbonyl (C=O) groups excluding carboxylic acids is 1. The van der Waals surface area contributed by atoms with Crippen molar-refractivity contribution in [2.45, 2.75) is 26.7 Å². The number of hydrogen-bond donors (Lipinski definition) is 0. The van der Waals surface area contributed by atoms with Crippen molar-refractivity contribution in [3.8, 4) is 0 Å². The summed E-state index contributed by atoms with van der Waals surface area (Å²) >= 11 is 0. The Morgan fingerprint density at radius 2 is 1.19 bits per heavy atom. The summed E-state index contributed by atoms with van der Waals surface area (Å²) in [7, 11) is 0. The average molecular weight is 352 g/mol. The molecule has 5 heteroatoms. The first-order valence-electron chi connectivity index (χ1n) is 8.69. The highest BCUT2D eigenvalue weighted by Crippen LogP contribution is 2.17. The Kier molecular flexibility index (Phi) is 8.06. The van der Waals surface area contributed by atoms with Crippen LogP contribution in [0.4, 0.5) is 0 Å². The minimum atomic E-state index is 0.0347.